The van der Waals surface area contributed by atoms with Gasteiger partial charge in [0.2, 0.25) is 0 Å². The third-order valence-corrected chi connectivity index (χ3v) is 5.06. The summed E-state index contributed by atoms with van der Waals surface area (Å²) in [7, 11) is 4.08. The standard InChI is InChI=1S/C23H27N3O4/c1-4-30-18-8-5-7-17(15-18)21(27)19-20(16-9-11-24-12-10-16)26(23(29)22(19)28)14-6-13-25(2)3/h5,7-12,15,20,27H,4,6,13-14H2,1-3H3/p+1/t20-/m0/s1. The van der Waals surface area contributed by atoms with E-state index in [2.05, 4.69) is 4.98 Å². The molecule has 3 rings (SSSR count). The number of hydrogen-bond donors (Lipinski definition) is 2. The molecule has 0 bridgehead atoms. The van der Waals surface area contributed by atoms with Crippen molar-refractivity contribution in [2.45, 2.75) is 19.4 Å². The molecule has 30 heavy (non-hydrogen) atoms. The van der Waals surface area contributed by atoms with Crippen molar-refractivity contribution in [3.05, 3.63) is 65.5 Å². The Balaban J connectivity index is 2.06. The highest BCUT2D eigenvalue weighted by atomic mass is 16.5. The van der Waals surface area contributed by atoms with Crippen LogP contribution < -0.4 is 9.64 Å². The molecule has 7 heteroatoms. The number of quaternary nitrogens is 1. The first-order valence-electron chi connectivity index (χ1n) is 10.1. The maximum atomic E-state index is 13.0. The van der Waals surface area contributed by atoms with Crippen molar-refractivity contribution in [1.29, 1.82) is 0 Å². The number of nitrogens with one attached hydrogen (secondary N) is 1. The zero-order valence-corrected chi connectivity index (χ0v) is 17.6. The van der Waals surface area contributed by atoms with Gasteiger partial charge in [0.15, 0.2) is 0 Å². The highest BCUT2D eigenvalue weighted by Crippen LogP contribution is 2.39. The molecule has 1 aliphatic heterocycles. The van der Waals surface area contributed by atoms with Crippen LogP contribution in [0.2, 0.25) is 0 Å². The van der Waals surface area contributed by atoms with Crippen LogP contribution in [0.3, 0.4) is 0 Å². The number of Topliss-reactive ketones (excluding diaryl/α,β-unsaturated/α-hetero) is 1. The largest absolute Gasteiger partial charge is 0.507 e. The molecule has 158 valence electrons. The molecule has 2 aromatic rings. The van der Waals surface area contributed by atoms with Crippen LogP contribution in [-0.4, -0.2) is 60.5 Å². The lowest BCUT2D eigenvalue weighted by molar-refractivity contribution is -0.858. The van der Waals surface area contributed by atoms with E-state index in [0.29, 0.717) is 24.5 Å². The molecule has 0 unspecified atom stereocenters. The van der Waals surface area contributed by atoms with Crippen molar-refractivity contribution >= 4 is 17.4 Å². The number of benzene rings is 1. The van der Waals surface area contributed by atoms with Gasteiger partial charge < -0.3 is 19.6 Å². The van der Waals surface area contributed by atoms with Gasteiger partial charge in [-0.25, -0.2) is 0 Å². The number of carbonyl (C=O) groups excluding carboxylic acids is 2. The summed E-state index contributed by atoms with van der Waals surface area (Å²) in [5, 5.41) is 11.1. The molecule has 1 saturated heterocycles. The topological polar surface area (TPSA) is 84.2 Å². The molecule has 0 radical (unpaired) electrons. The van der Waals surface area contributed by atoms with E-state index in [9.17, 15) is 14.7 Å². The summed E-state index contributed by atoms with van der Waals surface area (Å²) >= 11 is 0. The Labute approximate surface area is 176 Å². The smallest absolute Gasteiger partial charge is 0.295 e. The molecule has 2 N–H and O–H groups in total. The van der Waals surface area contributed by atoms with Gasteiger partial charge >= 0.3 is 0 Å². The van der Waals surface area contributed by atoms with Crippen molar-refractivity contribution in [3.63, 3.8) is 0 Å². The second-order valence-electron chi connectivity index (χ2n) is 7.54. The lowest BCUT2D eigenvalue weighted by Gasteiger charge is -2.25. The average Bonchev–Trinajstić information content (AvgIpc) is 2.99. The number of ketones is 1. The van der Waals surface area contributed by atoms with E-state index in [1.165, 1.54) is 4.90 Å². The Kier molecular flexibility index (Phi) is 6.84. The summed E-state index contributed by atoms with van der Waals surface area (Å²) < 4.78 is 5.51. The summed E-state index contributed by atoms with van der Waals surface area (Å²) in [6.07, 6.45) is 3.99. The molecule has 0 aliphatic carbocycles. The Hall–Kier alpha value is -3.19. The van der Waals surface area contributed by atoms with E-state index in [-0.39, 0.29) is 11.3 Å². The summed E-state index contributed by atoms with van der Waals surface area (Å²) in [6, 6.07) is 9.78. The number of rotatable bonds is 8. The summed E-state index contributed by atoms with van der Waals surface area (Å²) in [4.78, 5) is 32.7. The van der Waals surface area contributed by atoms with Crippen molar-refractivity contribution < 1.29 is 24.3 Å². The van der Waals surface area contributed by atoms with E-state index in [1.54, 1.807) is 53.7 Å². The summed E-state index contributed by atoms with van der Waals surface area (Å²) in [5.41, 5.74) is 1.27. The Bertz CT molecular complexity index is 940. The number of aromatic nitrogens is 1. The number of pyridine rings is 1. The number of carbonyl (C=O) groups is 2. The molecule has 1 fully saturated rings. The van der Waals surface area contributed by atoms with Crippen LogP contribution in [0, 0.1) is 0 Å². The van der Waals surface area contributed by atoms with Crippen LogP contribution in [0.1, 0.15) is 30.5 Å². The molecule has 0 spiro atoms. The third kappa shape index (κ3) is 4.52. The molecule has 1 aromatic heterocycles. The van der Waals surface area contributed by atoms with Crippen LogP contribution in [0.4, 0.5) is 0 Å². The lowest BCUT2D eigenvalue weighted by Crippen LogP contribution is -3.05. The number of amides is 1. The Morgan fingerprint density at radius 2 is 1.93 bits per heavy atom. The summed E-state index contributed by atoms with van der Waals surface area (Å²) in [6.45, 7) is 3.65. The van der Waals surface area contributed by atoms with Crippen LogP contribution in [0.25, 0.3) is 5.76 Å². The number of hydrogen-bond acceptors (Lipinski definition) is 5. The van der Waals surface area contributed by atoms with Crippen molar-refractivity contribution in [3.8, 4) is 5.75 Å². The Morgan fingerprint density at radius 3 is 2.60 bits per heavy atom. The van der Waals surface area contributed by atoms with E-state index < -0.39 is 17.7 Å². The molecule has 0 saturated carbocycles. The molecule has 7 nitrogen and oxygen atoms in total. The predicted molar refractivity (Wildman–Crippen MR) is 113 cm³/mol. The predicted octanol–water partition coefficient (Wildman–Crippen LogP) is 1.44. The molecular formula is C23H28N3O4+. The quantitative estimate of drug-likeness (QED) is 0.391. The average molecular weight is 410 g/mol. The second-order valence-corrected chi connectivity index (χ2v) is 7.54. The first kappa shape index (κ1) is 21.5. The molecular weight excluding hydrogens is 382 g/mol. The van der Waals surface area contributed by atoms with Gasteiger partial charge in [-0.15, -0.1) is 0 Å². The van der Waals surface area contributed by atoms with E-state index in [1.807, 2.05) is 21.0 Å². The zero-order valence-electron chi connectivity index (χ0n) is 17.6. The fraction of sp³-hybridized carbons (Fsp3) is 0.348. The normalized spacial score (nSPS) is 18.3. The fourth-order valence-electron chi connectivity index (χ4n) is 3.66. The van der Waals surface area contributed by atoms with Gasteiger partial charge in [0.25, 0.3) is 11.7 Å². The maximum absolute atomic E-state index is 13.0. The van der Waals surface area contributed by atoms with Gasteiger partial charge in [0.1, 0.15) is 11.5 Å². The van der Waals surface area contributed by atoms with Gasteiger partial charge in [0, 0.05) is 30.9 Å². The van der Waals surface area contributed by atoms with Crippen molar-refractivity contribution in [2.75, 3.05) is 33.8 Å². The van der Waals surface area contributed by atoms with Gasteiger partial charge in [-0.3, -0.25) is 14.6 Å². The molecule has 1 atom stereocenters. The monoisotopic (exact) mass is 410 g/mol. The number of likely N-dealkylation sites (tertiary alicyclic amines) is 1. The van der Waals surface area contributed by atoms with Crippen molar-refractivity contribution in [2.24, 2.45) is 0 Å². The minimum absolute atomic E-state index is 0.0945. The molecule has 1 aromatic carbocycles. The first-order chi connectivity index (χ1) is 14.4. The lowest BCUT2D eigenvalue weighted by atomic mass is 9.96. The second kappa shape index (κ2) is 9.54. The molecule has 1 aliphatic rings. The number of aliphatic hydroxyl groups is 1. The SMILES string of the molecule is CCOc1cccc(C(O)=C2C(=O)C(=O)N(CCC[NH+](C)C)[C@H]2c2ccncc2)c1. The van der Waals surface area contributed by atoms with E-state index in [0.717, 1.165) is 18.5 Å². The minimum Gasteiger partial charge on any atom is -0.507 e. The van der Waals surface area contributed by atoms with Crippen LogP contribution in [-0.2, 0) is 9.59 Å². The van der Waals surface area contributed by atoms with Crippen molar-refractivity contribution in [1.82, 2.24) is 9.88 Å². The first-order valence-corrected chi connectivity index (χ1v) is 10.1. The van der Waals surface area contributed by atoms with Gasteiger partial charge in [0.05, 0.1) is 38.9 Å². The van der Waals surface area contributed by atoms with E-state index in [4.69, 9.17) is 4.74 Å². The third-order valence-electron chi connectivity index (χ3n) is 5.06. The Morgan fingerprint density at radius 1 is 1.20 bits per heavy atom. The van der Waals surface area contributed by atoms with Gasteiger partial charge in [-0.2, -0.15) is 0 Å². The van der Waals surface area contributed by atoms with Crippen LogP contribution >= 0.6 is 0 Å². The molecule has 2 heterocycles. The number of nitrogens with zero attached hydrogens (tertiary/aromatic N) is 2. The maximum Gasteiger partial charge on any atom is 0.295 e. The highest BCUT2D eigenvalue weighted by Gasteiger charge is 2.45. The number of ether oxygens (including phenoxy) is 1. The fourth-order valence-corrected chi connectivity index (χ4v) is 3.66. The number of aliphatic hydroxyl groups excluding tert-OH is 1. The van der Waals surface area contributed by atoms with Crippen LogP contribution in [0.15, 0.2) is 54.4 Å². The highest BCUT2D eigenvalue weighted by molar-refractivity contribution is 6.46. The van der Waals surface area contributed by atoms with Crippen LogP contribution in [0.5, 0.6) is 5.75 Å². The summed E-state index contributed by atoms with van der Waals surface area (Å²) in [5.74, 6) is -0.871. The van der Waals surface area contributed by atoms with Gasteiger partial charge in [-0.1, -0.05) is 12.1 Å². The molecule has 1 amide bonds. The zero-order chi connectivity index (χ0) is 21.7. The minimum atomic E-state index is -0.673. The van der Waals surface area contributed by atoms with Gasteiger partial charge in [-0.05, 0) is 36.8 Å². The van der Waals surface area contributed by atoms with E-state index >= 15 is 0 Å².